The molecule has 1 aliphatic carbocycles. The minimum absolute atomic E-state index is 0.195. The smallest absolute Gasteiger partial charge is 0.0487 e. The van der Waals surface area contributed by atoms with Crippen molar-refractivity contribution in [1.82, 2.24) is 4.98 Å². The molecule has 2 aromatic rings. The van der Waals surface area contributed by atoms with E-state index >= 15 is 0 Å². The van der Waals surface area contributed by atoms with Crippen LogP contribution in [-0.2, 0) is 0 Å². The van der Waals surface area contributed by atoms with Crippen LogP contribution < -0.4 is 5.73 Å². The Balaban J connectivity index is 1.96. The molecule has 96 valence electrons. The van der Waals surface area contributed by atoms with E-state index in [0.717, 1.165) is 0 Å². The van der Waals surface area contributed by atoms with Crippen LogP contribution in [0.25, 0.3) is 10.9 Å². The second kappa shape index (κ2) is 4.77. The maximum Gasteiger partial charge on any atom is 0.0487 e. The Kier molecular flexibility index (Phi) is 3.13. The Bertz CT molecular complexity index is 535. The summed E-state index contributed by atoms with van der Waals surface area (Å²) in [6.45, 7) is 2.15. The number of hydrogen-bond donors (Lipinski definition) is 2. The van der Waals surface area contributed by atoms with Gasteiger partial charge in [0.2, 0.25) is 0 Å². The number of hydrogen-bond acceptors (Lipinski definition) is 1. The van der Waals surface area contributed by atoms with Crippen LogP contribution in [0.5, 0.6) is 0 Å². The summed E-state index contributed by atoms with van der Waals surface area (Å²) in [6.07, 6.45) is 8.78. The van der Waals surface area contributed by atoms with Gasteiger partial charge in [-0.15, -0.1) is 0 Å². The Labute approximate surface area is 109 Å². The Morgan fingerprint density at radius 2 is 2.00 bits per heavy atom. The topological polar surface area (TPSA) is 41.8 Å². The number of fused-ring (bicyclic) bond motifs is 1. The molecule has 3 N–H and O–H groups in total. The predicted octanol–water partition coefficient (Wildman–Crippen LogP) is 4.06. The van der Waals surface area contributed by atoms with Crippen molar-refractivity contribution < 1.29 is 0 Å². The highest BCUT2D eigenvalue weighted by atomic mass is 14.7. The summed E-state index contributed by atoms with van der Waals surface area (Å²) in [5.41, 5.74) is 10.4. The molecule has 0 saturated heterocycles. The third-order valence-corrected chi connectivity index (χ3v) is 4.47. The quantitative estimate of drug-likeness (QED) is 0.819. The molecule has 2 heteroatoms. The Hall–Kier alpha value is -1.28. The molecule has 1 saturated carbocycles. The van der Waals surface area contributed by atoms with Gasteiger partial charge in [-0.05, 0) is 36.8 Å². The molecular formula is C16H22N2. The van der Waals surface area contributed by atoms with Gasteiger partial charge in [0.05, 0.1) is 0 Å². The number of aryl methyl sites for hydroxylation is 1. The van der Waals surface area contributed by atoms with Crippen LogP contribution in [0, 0.1) is 12.8 Å². The van der Waals surface area contributed by atoms with Crippen molar-refractivity contribution in [2.75, 3.05) is 0 Å². The number of H-pyrrole nitrogens is 1. The highest BCUT2D eigenvalue weighted by Gasteiger charge is 2.23. The van der Waals surface area contributed by atoms with Crippen LogP contribution in [-0.4, -0.2) is 4.98 Å². The number of nitrogens with two attached hydrogens (primary N) is 1. The average Bonchev–Trinajstić information content (AvgIpc) is 2.84. The van der Waals surface area contributed by atoms with E-state index in [-0.39, 0.29) is 6.04 Å². The van der Waals surface area contributed by atoms with Gasteiger partial charge in [0.25, 0.3) is 0 Å². The maximum absolute atomic E-state index is 6.51. The van der Waals surface area contributed by atoms with E-state index in [4.69, 9.17) is 5.73 Å². The molecular weight excluding hydrogens is 220 g/mol. The van der Waals surface area contributed by atoms with Crippen LogP contribution >= 0.6 is 0 Å². The fourth-order valence-corrected chi connectivity index (χ4v) is 3.35. The largest absolute Gasteiger partial charge is 0.361 e. The first-order valence-corrected chi connectivity index (χ1v) is 7.09. The fourth-order valence-electron chi connectivity index (χ4n) is 3.35. The molecule has 0 radical (unpaired) electrons. The zero-order valence-corrected chi connectivity index (χ0v) is 11.1. The predicted molar refractivity (Wildman–Crippen MR) is 76.5 cm³/mol. The van der Waals surface area contributed by atoms with E-state index in [2.05, 4.69) is 36.3 Å². The van der Waals surface area contributed by atoms with E-state index in [1.165, 1.54) is 54.1 Å². The molecule has 1 aromatic carbocycles. The normalized spacial score (nSPS) is 19.2. The van der Waals surface area contributed by atoms with Gasteiger partial charge in [-0.1, -0.05) is 37.5 Å². The molecule has 1 atom stereocenters. The van der Waals surface area contributed by atoms with Crippen molar-refractivity contribution in [2.24, 2.45) is 11.7 Å². The molecule has 0 spiro atoms. The second-order valence-corrected chi connectivity index (χ2v) is 5.67. The monoisotopic (exact) mass is 242 g/mol. The van der Waals surface area contributed by atoms with Crippen LogP contribution in [0.3, 0.4) is 0 Å². The summed E-state index contributed by atoms with van der Waals surface area (Å²) in [7, 11) is 0. The van der Waals surface area contributed by atoms with E-state index in [0.29, 0.717) is 5.92 Å². The van der Waals surface area contributed by atoms with Gasteiger partial charge in [-0.25, -0.2) is 0 Å². The lowest BCUT2D eigenvalue weighted by Crippen LogP contribution is -2.23. The molecule has 0 bridgehead atoms. The summed E-state index contributed by atoms with van der Waals surface area (Å²) in [6, 6.07) is 6.66. The van der Waals surface area contributed by atoms with Crippen LogP contribution in [0.15, 0.2) is 24.4 Å². The van der Waals surface area contributed by atoms with Gasteiger partial charge in [0, 0.05) is 23.1 Å². The molecule has 1 aliphatic rings. The van der Waals surface area contributed by atoms with Crippen molar-refractivity contribution in [3.63, 3.8) is 0 Å². The van der Waals surface area contributed by atoms with Crippen LogP contribution in [0.2, 0.25) is 0 Å². The van der Waals surface area contributed by atoms with Gasteiger partial charge < -0.3 is 10.7 Å². The zero-order chi connectivity index (χ0) is 12.5. The number of aromatic amines is 1. The highest BCUT2D eigenvalue weighted by molar-refractivity contribution is 5.86. The molecule has 1 unspecified atom stereocenters. The highest BCUT2D eigenvalue weighted by Crippen LogP contribution is 2.36. The first-order chi connectivity index (χ1) is 8.77. The van der Waals surface area contributed by atoms with Crippen molar-refractivity contribution in [2.45, 2.75) is 45.1 Å². The molecule has 1 fully saturated rings. The van der Waals surface area contributed by atoms with Gasteiger partial charge in [-0.2, -0.15) is 0 Å². The first-order valence-electron chi connectivity index (χ1n) is 7.09. The van der Waals surface area contributed by atoms with E-state index < -0.39 is 0 Å². The van der Waals surface area contributed by atoms with E-state index in [1.54, 1.807) is 0 Å². The van der Waals surface area contributed by atoms with Gasteiger partial charge in [-0.3, -0.25) is 0 Å². The lowest BCUT2D eigenvalue weighted by atomic mass is 9.81. The van der Waals surface area contributed by atoms with Crippen LogP contribution in [0.4, 0.5) is 0 Å². The SMILES string of the molecule is Cc1cccc2c(C(N)C3CCCCC3)c[nH]c12. The zero-order valence-electron chi connectivity index (χ0n) is 11.1. The standard InChI is InChI=1S/C16H22N2/c1-11-6-5-9-13-14(10-18-16(11)13)15(17)12-7-3-2-4-8-12/h5-6,9-10,12,15,18H,2-4,7-8,17H2,1H3. The number of aromatic nitrogens is 1. The van der Waals surface area contributed by atoms with Gasteiger partial charge >= 0.3 is 0 Å². The number of para-hydroxylation sites is 1. The molecule has 1 aromatic heterocycles. The van der Waals surface area contributed by atoms with Crippen molar-refractivity contribution >= 4 is 10.9 Å². The Morgan fingerprint density at radius 1 is 1.22 bits per heavy atom. The summed E-state index contributed by atoms with van der Waals surface area (Å²) < 4.78 is 0. The van der Waals surface area contributed by atoms with E-state index in [9.17, 15) is 0 Å². The molecule has 2 nitrogen and oxygen atoms in total. The van der Waals surface area contributed by atoms with Crippen molar-refractivity contribution in [1.29, 1.82) is 0 Å². The number of nitrogens with one attached hydrogen (secondary N) is 1. The lowest BCUT2D eigenvalue weighted by Gasteiger charge is -2.27. The fraction of sp³-hybridized carbons (Fsp3) is 0.500. The first kappa shape index (κ1) is 11.8. The average molecular weight is 242 g/mol. The van der Waals surface area contributed by atoms with E-state index in [1.807, 2.05) is 0 Å². The summed E-state index contributed by atoms with van der Waals surface area (Å²) in [5, 5.41) is 1.31. The molecule has 18 heavy (non-hydrogen) atoms. The van der Waals surface area contributed by atoms with Crippen LogP contribution in [0.1, 0.15) is 49.3 Å². The van der Waals surface area contributed by atoms with Gasteiger partial charge in [0.15, 0.2) is 0 Å². The molecule has 3 rings (SSSR count). The third kappa shape index (κ3) is 1.95. The second-order valence-electron chi connectivity index (χ2n) is 5.67. The summed E-state index contributed by atoms with van der Waals surface area (Å²) in [4.78, 5) is 3.40. The Morgan fingerprint density at radius 3 is 2.78 bits per heavy atom. The summed E-state index contributed by atoms with van der Waals surface area (Å²) >= 11 is 0. The van der Waals surface area contributed by atoms with Gasteiger partial charge in [0.1, 0.15) is 0 Å². The molecule has 1 heterocycles. The number of benzene rings is 1. The molecule has 0 aliphatic heterocycles. The third-order valence-electron chi connectivity index (χ3n) is 4.47. The number of rotatable bonds is 2. The lowest BCUT2D eigenvalue weighted by molar-refractivity contribution is 0.309. The minimum atomic E-state index is 0.195. The maximum atomic E-state index is 6.51. The molecule has 0 amide bonds. The summed E-state index contributed by atoms with van der Waals surface area (Å²) in [5.74, 6) is 0.665. The minimum Gasteiger partial charge on any atom is -0.361 e. The van der Waals surface area contributed by atoms with Crippen molar-refractivity contribution in [3.8, 4) is 0 Å². The van der Waals surface area contributed by atoms with Crippen molar-refractivity contribution in [3.05, 3.63) is 35.5 Å².